The van der Waals surface area contributed by atoms with E-state index >= 15 is 0 Å². The molecule has 1 rings (SSSR count). The van der Waals surface area contributed by atoms with Gasteiger partial charge in [0.25, 0.3) is 0 Å². The van der Waals surface area contributed by atoms with Crippen LogP contribution in [0.25, 0.3) is 0 Å². The maximum absolute atomic E-state index is 12.0. The van der Waals surface area contributed by atoms with E-state index in [9.17, 15) is 9.59 Å². The molecule has 0 bridgehead atoms. The summed E-state index contributed by atoms with van der Waals surface area (Å²) in [5, 5.41) is 2.69. The number of rotatable bonds is 5. The Morgan fingerprint density at radius 1 is 1.39 bits per heavy atom. The minimum Gasteiger partial charge on any atom is -0.393 e. The monoisotopic (exact) mass is 271 g/mol. The first-order valence-corrected chi connectivity index (χ1v) is 6.76. The van der Waals surface area contributed by atoms with Gasteiger partial charge in [0.2, 0.25) is 11.8 Å². The van der Waals surface area contributed by atoms with Crippen LogP contribution in [0.5, 0.6) is 0 Å². The maximum atomic E-state index is 12.0. The highest BCUT2D eigenvalue weighted by Crippen LogP contribution is 2.10. The molecule has 1 aliphatic rings. The summed E-state index contributed by atoms with van der Waals surface area (Å²) in [6.07, 6.45) is 2.62. The first-order valence-electron chi connectivity index (χ1n) is 6.35. The average Bonchev–Trinajstić information content (AvgIpc) is 2.81. The Kier molecular flexibility index (Phi) is 5.53. The number of hydrogen-bond acceptors (Lipinski definition) is 3. The fraction of sp³-hybridized carbons (Fsp3) is 0.750. The fourth-order valence-electron chi connectivity index (χ4n) is 2.10. The minimum absolute atomic E-state index is 0.0290. The minimum atomic E-state index is -0.515. The topological polar surface area (TPSA) is 75.4 Å². The highest BCUT2D eigenvalue weighted by Gasteiger charge is 2.27. The van der Waals surface area contributed by atoms with Crippen LogP contribution in [0.2, 0.25) is 0 Å². The largest absolute Gasteiger partial charge is 0.393 e. The first kappa shape index (κ1) is 14.9. The van der Waals surface area contributed by atoms with Gasteiger partial charge in [-0.2, -0.15) is 0 Å². The predicted molar refractivity (Wildman–Crippen MR) is 74.0 cm³/mol. The van der Waals surface area contributed by atoms with Crippen molar-refractivity contribution in [3.63, 3.8) is 0 Å². The molecule has 0 spiro atoms. The molecule has 0 radical (unpaired) electrons. The smallest absolute Gasteiger partial charge is 0.244 e. The van der Waals surface area contributed by atoms with Gasteiger partial charge >= 0.3 is 0 Å². The summed E-state index contributed by atoms with van der Waals surface area (Å²) in [7, 11) is 0. The van der Waals surface area contributed by atoms with E-state index in [0.717, 1.165) is 25.9 Å². The predicted octanol–water partition coefficient (Wildman–Crippen LogP) is 0.426. The Morgan fingerprint density at radius 3 is 2.39 bits per heavy atom. The van der Waals surface area contributed by atoms with Crippen LogP contribution in [0.15, 0.2) is 0 Å². The molecule has 2 amide bonds. The van der Waals surface area contributed by atoms with Crippen molar-refractivity contribution in [1.29, 1.82) is 0 Å². The van der Waals surface area contributed by atoms with E-state index in [1.165, 1.54) is 0 Å². The standard InChI is InChI=1S/C12H21N3O2S/c1-3-9(10(13)18)11(16)14-8(2)12(17)15-6-4-5-7-15/h8-9H,3-7H2,1-2H3,(H2,13,18)(H,14,16). The van der Waals surface area contributed by atoms with E-state index in [1.807, 2.05) is 6.92 Å². The lowest BCUT2D eigenvalue weighted by atomic mass is 10.1. The van der Waals surface area contributed by atoms with E-state index in [2.05, 4.69) is 5.32 Å². The maximum Gasteiger partial charge on any atom is 0.244 e. The van der Waals surface area contributed by atoms with E-state index in [1.54, 1.807) is 11.8 Å². The zero-order valence-electron chi connectivity index (χ0n) is 10.9. The number of likely N-dealkylation sites (tertiary alicyclic amines) is 1. The van der Waals surface area contributed by atoms with Gasteiger partial charge in [-0.15, -0.1) is 0 Å². The summed E-state index contributed by atoms with van der Waals surface area (Å²) >= 11 is 4.84. The number of hydrogen-bond donors (Lipinski definition) is 2. The third-order valence-corrected chi connectivity index (χ3v) is 3.50. The van der Waals surface area contributed by atoms with Gasteiger partial charge in [0, 0.05) is 13.1 Å². The summed E-state index contributed by atoms with van der Waals surface area (Å²) in [4.78, 5) is 25.9. The van der Waals surface area contributed by atoms with Gasteiger partial charge in [-0.3, -0.25) is 9.59 Å². The van der Waals surface area contributed by atoms with Crippen LogP contribution in [0.3, 0.4) is 0 Å². The Labute approximate surface area is 113 Å². The van der Waals surface area contributed by atoms with Crippen LogP contribution in [0.1, 0.15) is 33.1 Å². The average molecular weight is 271 g/mol. The van der Waals surface area contributed by atoms with Gasteiger partial charge in [0.1, 0.15) is 6.04 Å². The van der Waals surface area contributed by atoms with Crippen molar-refractivity contribution in [3.05, 3.63) is 0 Å². The molecule has 0 aliphatic carbocycles. The number of nitrogens with two attached hydrogens (primary N) is 1. The van der Waals surface area contributed by atoms with Gasteiger partial charge in [0.05, 0.1) is 10.9 Å². The Morgan fingerprint density at radius 2 is 1.94 bits per heavy atom. The molecule has 1 fully saturated rings. The summed E-state index contributed by atoms with van der Waals surface area (Å²) in [6.45, 7) is 5.11. The van der Waals surface area contributed by atoms with Crippen LogP contribution in [-0.4, -0.2) is 40.8 Å². The summed E-state index contributed by atoms with van der Waals surface area (Å²) in [5.41, 5.74) is 5.50. The highest BCUT2D eigenvalue weighted by molar-refractivity contribution is 7.80. The Bertz CT molecular complexity index is 340. The number of nitrogens with one attached hydrogen (secondary N) is 1. The molecule has 102 valence electrons. The zero-order valence-corrected chi connectivity index (χ0v) is 11.8. The van der Waals surface area contributed by atoms with Gasteiger partial charge in [-0.05, 0) is 26.2 Å². The molecule has 0 aromatic heterocycles. The summed E-state index contributed by atoms with van der Waals surface area (Å²) in [5.74, 6) is -0.780. The van der Waals surface area contributed by atoms with Crippen LogP contribution in [0, 0.1) is 5.92 Å². The van der Waals surface area contributed by atoms with Crippen molar-refractivity contribution in [1.82, 2.24) is 10.2 Å². The number of carbonyl (C=O) groups is 2. The van der Waals surface area contributed by atoms with E-state index in [0.29, 0.717) is 6.42 Å². The molecular formula is C12H21N3O2S. The van der Waals surface area contributed by atoms with E-state index < -0.39 is 12.0 Å². The van der Waals surface area contributed by atoms with Crippen molar-refractivity contribution in [2.24, 2.45) is 11.7 Å². The van der Waals surface area contributed by atoms with Crippen LogP contribution >= 0.6 is 12.2 Å². The second kappa shape index (κ2) is 6.68. The number of thiocarbonyl (C=S) groups is 1. The molecule has 0 saturated carbocycles. The van der Waals surface area contributed by atoms with E-state index in [-0.39, 0.29) is 16.8 Å². The fourth-order valence-corrected chi connectivity index (χ4v) is 2.38. The van der Waals surface area contributed by atoms with Crippen molar-refractivity contribution in [2.45, 2.75) is 39.2 Å². The summed E-state index contributed by atoms with van der Waals surface area (Å²) in [6, 6.07) is -0.515. The molecule has 0 aromatic carbocycles. The number of amides is 2. The lowest BCUT2D eigenvalue weighted by Crippen LogP contribution is -2.49. The van der Waals surface area contributed by atoms with Gasteiger partial charge in [-0.1, -0.05) is 19.1 Å². The summed E-state index contributed by atoms with van der Waals surface area (Å²) < 4.78 is 0. The molecule has 6 heteroatoms. The third kappa shape index (κ3) is 3.66. The normalized spacial score (nSPS) is 18.2. The van der Waals surface area contributed by atoms with E-state index in [4.69, 9.17) is 18.0 Å². The third-order valence-electron chi connectivity index (χ3n) is 3.22. The molecule has 1 saturated heterocycles. The molecular weight excluding hydrogens is 250 g/mol. The quantitative estimate of drug-likeness (QED) is 0.711. The number of carbonyl (C=O) groups excluding carboxylic acids is 2. The molecule has 5 nitrogen and oxygen atoms in total. The van der Waals surface area contributed by atoms with Crippen LogP contribution < -0.4 is 11.1 Å². The molecule has 2 unspecified atom stereocenters. The Balaban J connectivity index is 2.52. The van der Waals surface area contributed by atoms with Crippen molar-refractivity contribution in [2.75, 3.05) is 13.1 Å². The van der Waals surface area contributed by atoms with Crippen LogP contribution in [0.4, 0.5) is 0 Å². The molecule has 1 heterocycles. The van der Waals surface area contributed by atoms with Gasteiger partial charge in [0.15, 0.2) is 0 Å². The molecule has 1 aliphatic heterocycles. The molecule has 2 atom stereocenters. The van der Waals surface area contributed by atoms with Gasteiger partial charge in [-0.25, -0.2) is 0 Å². The molecule has 0 aromatic rings. The number of nitrogens with zero attached hydrogens (tertiary/aromatic N) is 1. The Hall–Kier alpha value is -1.17. The SMILES string of the molecule is CCC(C(=O)NC(C)C(=O)N1CCCC1)C(N)=S. The lowest BCUT2D eigenvalue weighted by Gasteiger charge is -2.22. The van der Waals surface area contributed by atoms with Crippen molar-refractivity contribution in [3.8, 4) is 0 Å². The first-order chi connectivity index (χ1) is 8.47. The highest BCUT2D eigenvalue weighted by atomic mass is 32.1. The second-order valence-corrected chi connectivity index (χ2v) is 5.10. The van der Waals surface area contributed by atoms with Crippen molar-refractivity contribution < 1.29 is 9.59 Å². The zero-order chi connectivity index (χ0) is 13.7. The molecule has 18 heavy (non-hydrogen) atoms. The molecule has 3 N–H and O–H groups in total. The lowest BCUT2D eigenvalue weighted by molar-refractivity contribution is -0.135. The van der Waals surface area contributed by atoms with Crippen LogP contribution in [-0.2, 0) is 9.59 Å². The van der Waals surface area contributed by atoms with Gasteiger partial charge < -0.3 is 16.0 Å². The second-order valence-electron chi connectivity index (χ2n) is 4.63. The van der Waals surface area contributed by atoms with Crippen molar-refractivity contribution >= 4 is 29.0 Å².